The predicted molar refractivity (Wildman–Crippen MR) is 103 cm³/mol. The van der Waals surface area contributed by atoms with Crippen molar-refractivity contribution in [2.45, 2.75) is 85.5 Å². The molecule has 1 aliphatic rings. The fourth-order valence-corrected chi connectivity index (χ4v) is 2.94. The summed E-state index contributed by atoms with van der Waals surface area (Å²) in [5, 5.41) is 2.98. The average Bonchev–Trinajstić information content (AvgIpc) is 3.35. The molecule has 1 saturated heterocycles. The standard InChI is InChI=1S/C20H40N2O3/c1-8-25-20(6,7)19(4,5)11-9-15-24-17(3)18(23)21-12-10-16(2)22-13-14-22/h16-17H,8-15H2,1-7H3,(H,21,23). The van der Waals surface area contributed by atoms with Gasteiger partial charge in [0.1, 0.15) is 6.10 Å². The molecule has 0 aromatic heterocycles. The lowest BCUT2D eigenvalue weighted by Crippen LogP contribution is -2.42. The number of amides is 1. The van der Waals surface area contributed by atoms with Crippen LogP contribution in [0.1, 0.15) is 67.7 Å². The monoisotopic (exact) mass is 356 g/mol. The van der Waals surface area contributed by atoms with E-state index in [1.807, 2.05) is 13.8 Å². The van der Waals surface area contributed by atoms with Crippen LogP contribution in [0, 0.1) is 5.41 Å². The third-order valence-electron chi connectivity index (χ3n) is 5.78. The lowest BCUT2D eigenvalue weighted by atomic mass is 9.74. The maximum atomic E-state index is 12.1. The topological polar surface area (TPSA) is 50.6 Å². The second-order valence-corrected chi connectivity index (χ2v) is 8.41. The average molecular weight is 357 g/mol. The molecule has 0 aromatic rings. The van der Waals surface area contributed by atoms with E-state index in [2.05, 4.69) is 44.8 Å². The first-order valence-electron chi connectivity index (χ1n) is 9.88. The molecule has 0 saturated carbocycles. The van der Waals surface area contributed by atoms with Gasteiger partial charge in [0, 0.05) is 38.9 Å². The van der Waals surface area contributed by atoms with Crippen LogP contribution in [0.5, 0.6) is 0 Å². The first-order valence-corrected chi connectivity index (χ1v) is 9.88. The summed E-state index contributed by atoms with van der Waals surface area (Å²) < 4.78 is 11.6. The van der Waals surface area contributed by atoms with E-state index in [0.717, 1.165) is 32.4 Å². The van der Waals surface area contributed by atoms with E-state index in [-0.39, 0.29) is 23.0 Å². The van der Waals surface area contributed by atoms with Crippen LogP contribution < -0.4 is 5.32 Å². The minimum Gasteiger partial charge on any atom is -0.375 e. The summed E-state index contributed by atoms with van der Waals surface area (Å²) in [6, 6.07) is 0.562. The molecule has 0 bridgehead atoms. The lowest BCUT2D eigenvalue weighted by Gasteiger charge is -2.41. The number of ether oxygens (including phenoxy) is 2. The maximum absolute atomic E-state index is 12.1. The molecule has 0 aliphatic carbocycles. The van der Waals surface area contributed by atoms with Gasteiger partial charge in [-0.25, -0.2) is 0 Å². The highest BCUT2D eigenvalue weighted by Gasteiger charge is 2.37. The highest BCUT2D eigenvalue weighted by Crippen LogP contribution is 2.37. The fourth-order valence-electron chi connectivity index (χ4n) is 2.94. The van der Waals surface area contributed by atoms with Gasteiger partial charge in [-0.15, -0.1) is 0 Å². The van der Waals surface area contributed by atoms with E-state index < -0.39 is 0 Å². The van der Waals surface area contributed by atoms with Crippen molar-refractivity contribution in [2.75, 3.05) is 32.8 Å². The SMILES string of the molecule is CCOC(C)(C)C(C)(C)CCCOC(C)C(=O)NCCC(C)N1CC1. The molecule has 0 spiro atoms. The summed E-state index contributed by atoms with van der Waals surface area (Å²) in [5.74, 6) is -0.00750. The Morgan fingerprint density at radius 1 is 1.20 bits per heavy atom. The number of nitrogens with zero attached hydrogens (tertiary/aromatic N) is 1. The molecule has 0 aromatic carbocycles. The Hall–Kier alpha value is -0.650. The number of hydrogen-bond donors (Lipinski definition) is 1. The van der Waals surface area contributed by atoms with Crippen molar-refractivity contribution in [2.24, 2.45) is 5.41 Å². The van der Waals surface area contributed by atoms with Crippen molar-refractivity contribution in [3.05, 3.63) is 0 Å². The number of carbonyl (C=O) groups is 1. The second-order valence-electron chi connectivity index (χ2n) is 8.41. The van der Waals surface area contributed by atoms with Crippen LogP contribution in [0.25, 0.3) is 0 Å². The fraction of sp³-hybridized carbons (Fsp3) is 0.950. The summed E-state index contributed by atoms with van der Waals surface area (Å²) in [6.07, 6.45) is 2.54. The molecule has 148 valence electrons. The van der Waals surface area contributed by atoms with E-state index in [1.165, 1.54) is 13.1 Å². The Balaban J connectivity index is 2.17. The molecule has 1 rings (SSSR count). The van der Waals surface area contributed by atoms with Gasteiger partial charge in [-0.1, -0.05) is 13.8 Å². The zero-order chi connectivity index (χ0) is 19.1. The molecule has 5 nitrogen and oxygen atoms in total. The van der Waals surface area contributed by atoms with Crippen molar-refractivity contribution in [3.8, 4) is 0 Å². The van der Waals surface area contributed by atoms with Crippen LogP contribution in [-0.4, -0.2) is 61.4 Å². The highest BCUT2D eigenvalue weighted by molar-refractivity contribution is 5.80. The molecule has 1 heterocycles. The molecule has 1 aliphatic heterocycles. The molecule has 2 atom stereocenters. The van der Waals surface area contributed by atoms with Gasteiger partial charge in [0.2, 0.25) is 5.91 Å². The van der Waals surface area contributed by atoms with Gasteiger partial charge in [-0.05, 0) is 59.3 Å². The van der Waals surface area contributed by atoms with Gasteiger partial charge in [0.25, 0.3) is 0 Å². The van der Waals surface area contributed by atoms with E-state index in [1.54, 1.807) is 0 Å². The number of rotatable bonds is 13. The Labute approximate surface area is 154 Å². The van der Waals surface area contributed by atoms with Crippen LogP contribution in [-0.2, 0) is 14.3 Å². The van der Waals surface area contributed by atoms with Crippen molar-refractivity contribution in [3.63, 3.8) is 0 Å². The van der Waals surface area contributed by atoms with Gasteiger partial charge >= 0.3 is 0 Å². The zero-order valence-corrected chi connectivity index (χ0v) is 17.5. The van der Waals surface area contributed by atoms with Crippen molar-refractivity contribution in [1.82, 2.24) is 10.2 Å². The lowest BCUT2D eigenvalue weighted by molar-refractivity contribution is -0.132. The molecular formula is C20H40N2O3. The van der Waals surface area contributed by atoms with E-state index in [9.17, 15) is 4.79 Å². The Morgan fingerprint density at radius 3 is 2.40 bits per heavy atom. The summed E-state index contributed by atoms with van der Waals surface area (Å²) in [4.78, 5) is 14.5. The summed E-state index contributed by atoms with van der Waals surface area (Å²) in [5.41, 5.74) is -0.106. The maximum Gasteiger partial charge on any atom is 0.248 e. The van der Waals surface area contributed by atoms with E-state index in [4.69, 9.17) is 9.47 Å². The summed E-state index contributed by atoms with van der Waals surface area (Å²) in [7, 11) is 0. The van der Waals surface area contributed by atoms with E-state index >= 15 is 0 Å². The van der Waals surface area contributed by atoms with Gasteiger partial charge in [-0.2, -0.15) is 0 Å². The predicted octanol–water partition coefficient (Wildman–Crippen LogP) is 3.22. The quantitative estimate of drug-likeness (QED) is 0.407. The normalized spacial score (nSPS) is 18.0. The Morgan fingerprint density at radius 2 is 1.84 bits per heavy atom. The van der Waals surface area contributed by atoms with Crippen LogP contribution in [0.15, 0.2) is 0 Å². The number of hydrogen-bond acceptors (Lipinski definition) is 4. The summed E-state index contributed by atoms with van der Waals surface area (Å²) in [6.45, 7) is 19.3. The first-order chi connectivity index (χ1) is 11.6. The molecule has 1 amide bonds. The molecule has 2 unspecified atom stereocenters. The summed E-state index contributed by atoms with van der Waals surface area (Å²) >= 11 is 0. The van der Waals surface area contributed by atoms with Crippen LogP contribution in [0.2, 0.25) is 0 Å². The smallest absolute Gasteiger partial charge is 0.248 e. The molecule has 0 radical (unpaired) electrons. The molecular weight excluding hydrogens is 316 g/mol. The Bertz CT molecular complexity index is 406. The Kier molecular flexibility index (Phi) is 8.85. The van der Waals surface area contributed by atoms with Gasteiger partial charge < -0.3 is 14.8 Å². The minimum absolute atomic E-state index is 0.00750. The number of nitrogens with one attached hydrogen (secondary N) is 1. The minimum atomic E-state index is -0.389. The largest absolute Gasteiger partial charge is 0.375 e. The van der Waals surface area contributed by atoms with E-state index in [0.29, 0.717) is 12.6 Å². The van der Waals surface area contributed by atoms with Gasteiger partial charge in [0.15, 0.2) is 0 Å². The highest BCUT2D eigenvalue weighted by atomic mass is 16.5. The second kappa shape index (κ2) is 9.89. The van der Waals surface area contributed by atoms with Crippen LogP contribution in [0.3, 0.4) is 0 Å². The van der Waals surface area contributed by atoms with Gasteiger partial charge in [-0.3, -0.25) is 9.69 Å². The third-order valence-corrected chi connectivity index (χ3v) is 5.78. The molecule has 25 heavy (non-hydrogen) atoms. The molecule has 5 heteroatoms. The van der Waals surface area contributed by atoms with Crippen molar-refractivity contribution >= 4 is 5.91 Å². The van der Waals surface area contributed by atoms with Gasteiger partial charge in [0.05, 0.1) is 5.60 Å². The zero-order valence-electron chi connectivity index (χ0n) is 17.5. The first kappa shape index (κ1) is 22.4. The van der Waals surface area contributed by atoms with Crippen molar-refractivity contribution in [1.29, 1.82) is 0 Å². The number of carbonyl (C=O) groups excluding carboxylic acids is 1. The van der Waals surface area contributed by atoms with Crippen LogP contribution >= 0.6 is 0 Å². The molecule has 1 fully saturated rings. The molecule has 1 N–H and O–H groups in total. The van der Waals surface area contributed by atoms with Crippen molar-refractivity contribution < 1.29 is 14.3 Å². The van der Waals surface area contributed by atoms with Crippen LogP contribution in [0.4, 0.5) is 0 Å². The third kappa shape index (κ3) is 7.63.